The molecule has 126 valence electrons. The van der Waals surface area contributed by atoms with Gasteiger partial charge in [-0.1, -0.05) is 0 Å². The van der Waals surface area contributed by atoms with Crippen LogP contribution in [0.1, 0.15) is 18.7 Å². The lowest BCUT2D eigenvalue weighted by Crippen LogP contribution is -2.36. The number of halogens is 3. The highest BCUT2D eigenvalue weighted by Crippen LogP contribution is 2.35. The predicted molar refractivity (Wildman–Crippen MR) is 76.7 cm³/mol. The summed E-state index contributed by atoms with van der Waals surface area (Å²) in [6.45, 7) is -0.682. The number of alkyl halides is 3. The summed E-state index contributed by atoms with van der Waals surface area (Å²) in [5, 5.41) is 13.6. The molecule has 0 bridgehead atoms. The molecular weight excluding hydrogens is 323 g/mol. The number of nitriles is 1. The van der Waals surface area contributed by atoms with Gasteiger partial charge in [0.15, 0.2) is 5.82 Å². The molecule has 0 atom stereocenters. The van der Waals surface area contributed by atoms with Crippen LogP contribution in [-0.4, -0.2) is 39.1 Å². The van der Waals surface area contributed by atoms with E-state index in [1.54, 1.807) is 12.1 Å². The van der Waals surface area contributed by atoms with Gasteiger partial charge in [0.05, 0.1) is 6.07 Å². The topological polar surface area (TPSA) is 76.6 Å². The van der Waals surface area contributed by atoms with E-state index in [-0.39, 0.29) is 24.5 Å². The van der Waals surface area contributed by atoms with Gasteiger partial charge in [0.2, 0.25) is 0 Å². The van der Waals surface area contributed by atoms with Crippen LogP contribution in [-0.2, 0) is 16.7 Å². The number of pyridine rings is 1. The average molecular weight is 337 g/mol. The van der Waals surface area contributed by atoms with Crippen molar-refractivity contribution in [3.05, 3.63) is 30.4 Å². The second-order valence-electron chi connectivity index (χ2n) is 5.57. The molecule has 0 amide bonds. The Kier molecular flexibility index (Phi) is 4.24. The van der Waals surface area contributed by atoms with Gasteiger partial charge in [-0.25, -0.2) is 9.67 Å². The van der Waals surface area contributed by atoms with E-state index in [4.69, 9.17) is 4.74 Å². The first-order chi connectivity index (χ1) is 11.4. The third-order valence-electron chi connectivity index (χ3n) is 3.93. The molecule has 0 aliphatic carbocycles. The Bertz CT molecular complexity index is 745. The molecule has 3 heterocycles. The Hall–Kier alpha value is -2.47. The van der Waals surface area contributed by atoms with Crippen molar-refractivity contribution in [1.29, 1.82) is 5.26 Å². The average Bonchev–Trinajstić information content (AvgIpc) is 2.99. The minimum atomic E-state index is -4.46. The van der Waals surface area contributed by atoms with Gasteiger partial charge in [-0.2, -0.15) is 23.5 Å². The highest BCUT2D eigenvalue weighted by Gasteiger charge is 2.42. The van der Waals surface area contributed by atoms with E-state index in [0.29, 0.717) is 18.8 Å². The second-order valence-corrected chi connectivity index (χ2v) is 5.57. The minimum absolute atomic E-state index is 0.0393. The third kappa shape index (κ3) is 3.23. The van der Waals surface area contributed by atoms with E-state index in [1.165, 1.54) is 12.4 Å². The molecule has 0 aromatic carbocycles. The summed E-state index contributed by atoms with van der Waals surface area (Å²) in [5.74, 6) is 0.190. The van der Waals surface area contributed by atoms with Crippen LogP contribution in [0.15, 0.2) is 24.5 Å². The first-order valence-electron chi connectivity index (χ1n) is 7.35. The quantitative estimate of drug-likeness (QED) is 0.860. The predicted octanol–water partition coefficient (Wildman–Crippen LogP) is 2.47. The molecule has 3 rings (SSSR count). The monoisotopic (exact) mass is 337 g/mol. The molecular formula is C15H14F3N5O. The molecule has 6 nitrogen and oxygen atoms in total. The maximum absolute atomic E-state index is 12.9. The summed E-state index contributed by atoms with van der Waals surface area (Å²) in [6.07, 6.45) is -0.868. The lowest BCUT2D eigenvalue weighted by molar-refractivity contribution is -0.143. The number of ether oxygens (including phenoxy) is 1. The molecule has 0 unspecified atom stereocenters. The minimum Gasteiger partial charge on any atom is -0.381 e. The van der Waals surface area contributed by atoms with E-state index in [0.717, 1.165) is 4.68 Å². The summed E-state index contributed by atoms with van der Waals surface area (Å²) in [5.41, 5.74) is -0.575. The summed E-state index contributed by atoms with van der Waals surface area (Å²) >= 11 is 0. The van der Waals surface area contributed by atoms with Crippen molar-refractivity contribution in [2.75, 3.05) is 13.2 Å². The molecule has 1 fully saturated rings. The first kappa shape index (κ1) is 16.4. The largest absolute Gasteiger partial charge is 0.408 e. The van der Waals surface area contributed by atoms with Gasteiger partial charge in [-0.3, -0.25) is 4.98 Å². The van der Waals surface area contributed by atoms with Crippen molar-refractivity contribution in [3.63, 3.8) is 0 Å². The van der Waals surface area contributed by atoms with Crippen LogP contribution >= 0.6 is 0 Å². The SMILES string of the molecule is N#CC1(c2nc(-c3ccncc3)nn2CC(F)(F)F)CCOCC1. The number of aromatic nitrogens is 4. The lowest BCUT2D eigenvalue weighted by Gasteiger charge is -2.29. The number of rotatable bonds is 3. The smallest absolute Gasteiger partial charge is 0.381 e. The van der Waals surface area contributed by atoms with Gasteiger partial charge in [0.25, 0.3) is 0 Å². The fourth-order valence-electron chi connectivity index (χ4n) is 2.70. The summed E-state index contributed by atoms with van der Waals surface area (Å²) in [4.78, 5) is 8.15. The van der Waals surface area contributed by atoms with E-state index >= 15 is 0 Å². The summed E-state index contributed by atoms with van der Waals surface area (Å²) in [6, 6.07) is 5.36. The molecule has 0 radical (unpaired) electrons. The van der Waals surface area contributed by atoms with Gasteiger partial charge in [0.1, 0.15) is 17.8 Å². The number of hydrogen-bond acceptors (Lipinski definition) is 5. The molecule has 2 aromatic heterocycles. The fraction of sp³-hybridized carbons (Fsp3) is 0.467. The van der Waals surface area contributed by atoms with E-state index in [1.807, 2.05) is 0 Å². The van der Waals surface area contributed by atoms with Crippen LogP contribution < -0.4 is 0 Å². The van der Waals surface area contributed by atoms with Crippen molar-refractivity contribution in [2.24, 2.45) is 0 Å². The molecule has 24 heavy (non-hydrogen) atoms. The Morgan fingerprint density at radius 1 is 1.25 bits per heavy atom. The first-order valence-corrected chi connectivity index (χ1v) is 7.35. The van der Waals surface area contributed by atoms with Gasteiger partial charge < -0.3 is 4.74 Å². The zero-order valence-electron chi connectivity index (χ0n) is 12.6. The van der Waals surface area contributed by atoms with Crippen molar-refractivity contribution in [3.8, 4) is 17.5 Å². The van der Waals surface area contributed by atoms with Crippen LogP contribution in [0.4, 0.5) is 13.2 Å². The highest BCUT2D eigenvalue weighted by atomic mass is 19.4. The van der Waals surface area contributed by atoms with Gasteiger partial charge in [-0.05, 0) is 25.0 Å². The van der Waals surface area contributed by atoms with Crippen LogP contribution in [0.25, 0.3) is 11.4 Å². The number of nitrogens with zero attached hydrogens (tertiary/aromatic N) is 5. The maximum Gasteiger partial charge on any atom is 0.408 e. The molecule has 0 spiro atoms. The molecule has 0 N–H and O–H groups in total. The zero-order valence-corrected chi connectivity index (χ0v) is 12.6. The molecule has 0 saturated carbocycles. The normalized spacial score (nSPS) is 17.4. The van der Waals surface area contributed by atoms with E-state index in [9.17, 15) is 18.4 Å². The molecule has 1 aliphatic rings. The second kappa shape index (κ2) is 6.20. The van der Waals surface area contributed by atoms with Crippen molar-refractivity contribution in [1.82, 2.24) is 19.7 Å². The van der Waals surface area contributed by atoms with Crippen molar-refractivity contribution in [2.45, 2.75) is 31.0 Å². The zero-order chi connectivity index (χ0) is 17.2. The lowest BCUT2D eigenvalue weighted by atomic mass is 9.81. The van der Waals surface area contributed by atoms with E-state index < -0.39 is 18.1 Å². The Morgan fingerprint density at radius 2 is 1.92 bits per heavy atom. The summed E-state index contributed by atoms with van der Waals surface area (Å²) in [7, 11) is 0. The number of hydrogen-bond donors (Lipinski definition) is 0. The third-order valence-corrected chi connectivity index (χ3v) is 3.93. The van der Waals surface area contributed by atoms with Crippen molar-refractivity contribution >= 4 is 0 Å². The highest BCUT2D eigenvalue weighted by molar-refractivity contribution is 5.53. The van der Waals surface area contributed by atoms with Crippen LogP contribution in [0.5, 0.6) is 0 Å². The molecule has 2 aromatic rings. The Balaban J connectivity index is 2.09. The Labute approximate surface area is 135 Å². The van der Waals surface area contributed by atoms with Gasteiger partial charge in [0, 0.05) is 31.2 Å². The van der Waals surface area contributed by atoms with Crippen LogP contribution in [0, 0.1) is 11.3 Å². The van der Waals surface area contributed by atoms with Crippen molar-refractivity contribution < 1.29 is 17.9 Å². The maximum atomic E-state index is 12.9. The standard InChI is InChI=1S/C15H14F3N5O/c16-15(17,18)10-23-13(14(9-19)3-7-24-8-4-14)21-12(22-23)11-1-5-20-6-2-11/h1-2,5-6H,3-4,7-8,10H2. The van der Waals surface area contributed by atoms with Crippen LogP contribution in [0.2, 0.25) is 0 Å². The molecule has 9 heteroatoms. The molecule has 1 aliphatic heterocycles. The Morgan fingerprint density at radius 3 is 2.50 bits per heavy atom. The summed E-state index contributed by atoms with van der Waals surface area (Å²) < 4.78 is 44.8. The van der Waals surface area contributed by atoms with Gasteiger partial charge >= 0.3 is 6.18 Å². The fourth-order valence-corrected chi connectivity index (χ4v) is 2.70. The van der Waals surface area contributed by atoms with Crippen LogP contribution in [0.3, 0.4) is 0 Å². The van der Waals surface area contributed by atoms with Gasteiger partial charge in [-0.15, -0.1) is 0 Å². The molecule has 1 saturated heterocycles. The van der Waals surface area contributed by atoms with E-state index in [2.05, 4.69) is 21.1 Å².